The summed E-state index contributed by atoms with van der Waals surface area (Å²) in [6, 6.07) is 12.0. The number of anilines is 1. The van der Waals surface area contributed by atoms with Crippen molar-refractivity contribution in [2.45, 2.75) is 26.5 Å². The molecule has 1 aromatic heterocycles. The van der Waals surface area contributed by atoms with Crippen molar-refractivity contribution < 1.29 is 23.1 Å². The van der Waals surface area contributed by atoms with Gasteiger partial charge in [-0.2, -0.15) is 5.10 Å². The van der Waals surface area contributed by atoms with Crippen LogP contribution in [-0.2, 0) is 16.1 Å². The number of hydrogen-bond acceptors (Lipinski definition) is 4. The molecule has 0 saturated carbocycles. The van der Waals surface area contributed by atoms with Crippen LogP contribution in [0.4, 0.5) is 14.5 Å². The Morgan fingerprint density at radius 2 is 1.90 bits per heavy atom. The highest BCUT2D eigenvalue weighted by Gasteiger charge is 2.26. The Bertz CT molecular complexity index is 1090. The lowest BCUT2D eigenvalue weighted by Crippen LogP contribution is -2.30. The van der Waals surface area contributed by atoms with Crippen molar-refractivity contribution in [1.82, 2.24) is 9.78 Å². The topological polar surface area (TPSA) is 73.2 Å². The van der Waals surface area contributed by atoms with E-state index >= 15 is 0 Å². The second-order valence-electron chi connectivity index (χ2n) is 6.56. The summed E-state index contributed by atoms with van der Waals surface area (Å²) in [5.41, 5.74) is 0.952. The fourth-order valence-corrected chi connectivity index (χ4v) is 3.06. The molecule has 2 aromatic carbocycles. The van der Waals surface area contributed by atoms with Gasteiger partial charge in [-0.05, 0) is 31.5 Å². The van der Waals surface area contributed by atoms with Crippen LogP contribution in [0.15, 0.2) is 48.5 Å². The molecule has 0 aliphatic rings. The minimum Gasteiger partial charge on any atom is -0.449 e. The summed E-state index contributed by atoms with van der Waals surface area (Å²) < 4.78 is 33.6. The van der Waals surface area contributed by atoms with E-state index in [4.69, 9.17) is 16.3 Å². The first kappa shape index (κ1) is 21.4. The van der Waals surface area contributed by atoms with Gasteiger partial charge in [-0.15, -0.1) is 0 Å². The van der Waals surface area contributed by atoms with Gasteiger partial charge in [0.15, 0.2) is 6.10 Å². The summed E-state index contributed by atoms with van der Waals surface area (Å²) in [7, 11) is 0. The monoisotopic (exact) mass is 433 g/mol. The van der Waals surface area contributed by atoms with Crippen LogP contribution in [0.3, 0.4) is 0 Å². The van der Waals surface area contributed by atoms with Gasteiger partial charge in [0.25, 0.3) is 5.91 Å². The predicted molar refractivity (Wildman–Crippen MR) is 107 cm³/mol. The summed E-state index contributed by atoms with van der Waals surface area (Å²) in [6.45, 7) is 3.25. The van der Waals surface area contributed by atoms with Crippen molar-refractivity contribution in [1.29, 1.82) is 0 Å². The number of carbonyl (C=O) groups excluding carboxylic acids is 2. The number of halogens is 3. The van der Waals surface area contributed by atoms with E-state index in [2.05, 4.69) is 10.4 Å². The fourth-order valence-electron chi connectivity index (χ4n) is 2.75. The summed E-state index contributed by atoms with van der Waals surface area (Å²) in [5, 5.41) is 6.52. The van der Waals surface area contributed by atoms with Crippen molar-refractivity contribution >= 4 is 29.2 Å². The third-order valence-electron chi connectivity index (χ3n) is 4.28. The number of hydrogen-bond donors (Lipinski definition) is 1. The van der Waals surface area contributed by atoms with E-state index in [0.29, 0.717) is 12.2 Å². The van der Waals surface area contributed by atoms with Crippen molar-refractivity contribution in [2.24, 2.45) is 0 Å². The molecule has 1 heterocycles. The summed E-state index contributed by atoms with van der Waals surface area (Å²) in [4.78, 5) is 24.8. The van der Waals surface area contributed by atoms with Gasteiger partial charge >= 0.3 is 5.97 Å². The summed E-state index contributed by atoms with van der Waals surface area (Å²) in [5.74, 6) is -3.20. The Labute approximate surface area is 176 Å². The largest absolute Gasteiger partial charge is 0.449 e. The van der Waals surface area contributed by atoms with Gasteiger partial charge in [0, 0.05) is 6.07 Å². The SMILES string of the molecule is Cc1nn(Cc2ccccc2)c(Cl)c1C(=O)OC(C)C(=O)Nc1cc(F)ccc1F. The number of nitrogens with one attached hydrogen (secondary N) is 1. The summed E-state index contributed by atoms with van der Waals surface area (Å²) in [6.07, 6.45) is -1.28. The average Bonchev–Trinajstić information content (AvgIpc) is 2.98. The molecular weight excluding hydrogens is 416 g/mol. The van der Waals surface area contributed by atoms with Crippen molar-refractivity contribution in [3.05, 3.63) is 82.1 Å². The third-order valence-corrected chi connectivity index (χ3v) is 4.67. The lowest BCUT2D eigenvalue weighted by Gasteiger charge is -2.14. The molecule has 1 amide bonds. The molecule has 0 aliphatic heterocycles. The number of ether oxygens (including phenoxy) is 1. The number of aryl methyl sites for hydroxylation is 1. The zero-order valence-electron chi connectivity index (χ0n) is 16.2. The highest BCUT2D eigenvalue weighted by molar-refractivity contribution is 6.32. The Morgan fingerprint density at radius 3 is 2.60 bits per heavy atom. The molecule has 0 aliphatic carbocycles. The quantitative estimate of drug-likeness (QED) is 0.586. The van der Waals surface area contributed by atoms with Crippen LogP contribution in [0.1, 0.15) is 28.5 Å². The maximum absolute atomic E-state index is 13.7. The number of carbonyl (C=O) groups is 2. The van der Waals surface area contributed by atoms with Gasteiger partial charge in [0.1, 0.15) is 22.4 Å². The van der Waals surface area contributed by atoms with E-state index < -0.39 is 29.6 Å². The highest BCUT2D eigenvalue weighted by atomic mass is 35.5. The van der Waals surface area contributed by atoms with E-state index in [-0.39, 0.29) is 16.4 Å². The molecule has 1 N–H and O–H groups in total. The molecule has 156 valence electrons. The maximum atomic E-state index is 13.7. The van der Waals surface area contributed by atoms with Gasteiger partial charge in [0.05, 0.1) is 17.9 Å². The van der Waals surface area contributed by atoms with Crippen molar-refractivity contribution in [3.8, 4) is 0 Å². The van der Waals surface area contributed by atoms with Crippen molar-refractivity contribution in [3.63, 3.8) is 0 Å². The van der Waals surface area contributed by atoms with Gasteiger partial charge < -0.3 is 10.1 Å². The summed E-state index contributed by atoms with van der Waals surface area (Å²) >= 11 is 6.31. The Kier molecular flexibility index (Phi) is 6.47. The molecule has 9 heteroatoms. The molecule has 1 unspecified atom stereocenters. The molecule has 3 aromatic rings. The third kappa shape index (κ3) is 4.83. The van der Waals surface area contributed by atoms with Gasteiger partial charge in [-0.3, -0.25) is 4.79 Å². The number of aromatic nitrogens is 2. The number of benzene rings is 2. The lowest BCUT2D eigenvalue weighted by molar-refractivity contribution is -0.123. The molecule has 0 fully saturated rings. The van der Waals surface area contributed by atoms with Crippen LogP contribution >= 0.6 is 11.6 Å². The van der Waals surface area contributed by atoms with Gasteiger partial charge in [0.2, 0.25) is 0 Å². The molecule has 3 rings (SSSR count). The molecule has 1 atom stereocenters. The van der Waals surface area contributed by atoms with Crippen LogP contribution in [0, 0.1) is 18.6 Å². The fraction of sp³-hybridized carbons (Fsp3) is 0.190. The zero-order valence-corrected chi connectivity index (χ0v) is 16.9. The molecule has 0 radical (unpaired) electrons. The number of amides is 1. The molecule has 30 heavy (non-hydrogen) atoms. The maximum Gasteiger partial charge on any atom is 0.343 e. The van der Waals surface area contributed by atoms with Crippen LogP contribution < -0.4 is 5.32 Å². The second kappa shape index (κ2) is 9.04. The minimum atomic E-state index is -1.28. The zero-order chi connectivity index (χ0) is 21.8. The first-order chi connectivity index (χ1) is 14.3. The van der Waals surface area contributed by atoms with E-state index in [9.17, 15) is 18.4 Å². The molecule has 6 nitrogen and oxygen atoms in total. The van der Waals surface area contributed by atoms with E-state index in [1.807, 2.05) is 30.3 Å². The molecular formula is C21H18ClF2N3O3. The first-order valence-corrected chi connectivity index (χ1v) is 9.37. The number of rotatable bonds is 6. The van der Waals surface area contributed by atoms with Gasteiger partial charge in [-0.1, -0.05) is 41.9 Å². The highest BCUT2D eigenvalue weighted by Crippen LogP contribution is 2.23. The smallest absolute Gasteiger partial charge is 0.343 e. The van der Waals surface area contributed by atoms with Crippen LogP contribution in [0.5, 0.6) is 0 Å². The van der Waals surface area contributed by atoms with Crippen LogP contribution in [-0.4, -0.2) is 27.8 Å². The van der Waals surface area contributed by atoms with Crippen LogP contribution in [0.2, 0.25) is 5.15 Å². The lowest BCUT2D eigenvalue weighted by atomic mass is 10.2. The van der Waals surface area contributed by atoms with E-state index in [0.717, 1.165) is 23.8 Å². The standard InChI is InChI=1S/C21H18ClF2N3O3/c1-12-18(19(22)27(26-12)11-14-6-4-3-5-7-14)21(29)30-13(2)20(28)25-17-10-15(23)8-9-16(17)24/h3-10,13H,11H2,1-2H3,(H,25,28). The number of nitrogens with zero attached hydrogens (tertiary/aromatic N) is 2. The molecule has 0 bridgehead atoms. The van der Waals surface area contributed by atoms with Crippen molar-refractivity contribution in [2.75, 3.05) is 5.32 Å². The predicted octanol–water partition coefficient (Wildman–Crippen LogP) is 4.36. The normalized spacial score (nSPS) is 11.8. The van der Waals surface area contributed by atoms with Crippen LogP contribution in [0.25, 0.3) is 0 Å². The average molecular weight is 434 g/mol. The molecule has 0 spiro atoms. The Hall–Kier alpha value is -3.26. The second-order valence-corrected chi connectivity index (χ2v) is 6.91. The minimum absolute atomic E-state index is 0.0317. The van der Waals surface area contributed by atoms with E-state index in [1.54, 1.807) is 6.92 Å². The molecule has 0 saturated heterocycles. The van der Waals surface area contributed by atoms with E-state index in [1.165, 1.54) is 11.6 Å². The first-order valence-electron chi connectivity index (χ1n) is 9.00. The Balaban J connectivity index is 1.70. The van der Waals surface area contributed by atoms with Gasteiger partial charge in [-0.25, -0.2) is 18.3 Å². The Morgan fingerprint density at radius 1 is 1.20 bits per heavy atom. The number of esters is 1.